The van der Waals surface area contributed by atoms with Crippen molar-refractivity contribution in [2.75, 3.05) is 4.90 Å². The van der Waals surface area contributed by atoms with Gasteiger partial charge in [0.1, 0.15) is 5.82 Å². The van der Waals surface area contributed by atoms with Crippen molar-refractivity contribution >= 4 is 5.82 Å². The first-order valence-corrected chi connectivity index (χ1v) is 8.35. The summed E-state index contributed by atoms with van der Waals surface area (Å²) in [4.78, 5) is 2.57. The van der Waals surface area contributed by atoms with Crippen LogP contribution in [0.4, 0.5) is 5.82 Å². The quantitative estimate of drug-likeness (QED) is 0.882. The molecule has 1 saturated carbocycles. The van der Waals surface area contributed by atoms with Gasteiger partial charge in [0.25, 0.3) is 0 Å². The molecule has 2 aliphatic heterocycles. The molecule has 2 bridgehead atoms. The van der Waals surface area contributed by atoms with Crippen molar-refractivity contribution in [3.05, 3.63) is 11.3 Å². The van der Waals surface area contributed by atoms with Gasteiger partial charge in [-0.15, -0.1) is 0 Å². The molecular formula is C16H26N4O. The summed E-state index contributed by atoms with van der Waals surface area (Å²) in [6.07, 6.45) is 6.77. The summed E-state index contributed by atoms with van der Waals surface area (Å²) in [5, 5.41) is 18.3. The van der Waals surface area contributed by atoms with Crippen molar-refractivity contribution in [1.82, 2.24) is 15.1 Å². The largest absolute Gasteiger partial charge is 0.393 e. The zero-order chi connectivity index (χ0) is 14.6. The molecular weight excluding hydrogens is 264 g/mol. The molecule has 1 aromatic heterocycles. The van der Waals surface area contributed by atoms with E-state index in [4.69, 9.17) is 0 Å². The van der Waals surface area contributed by atoms with Gasteiger partial charge in [0.05, 0.1) is 11.8 Å². The molecule has 3 fully saturated rings. The number of nitrogens with one attached hydrogen (secondary N) is 1. The number of rotatable bonds is 4. The van der Waals surface area contributed by atoms with Crippen LogP contribution in [0, 0.1) is 6.92 Å². The number of anilines is 1. The van der Waals surface area contributed by atoms with Crippen LogP contribution >= 0.6 is 0 Å². The van der Waals surface area contributed by atoms with Crippen molar-refractivity contribution in [2.45, 2.75) is 76.2 Å². The SMILES string of the molecule is Cc1nn(C)c(N2C3CCC2CC(O)C3)c1CNC1CC1. The van der Waals surface area contributed by atoms with Crippen LogP contribution in [-0.2, 0) is 13.6 Å². The molecule has 0 spiro atoms. The van der Waals surface area contributed by atoms with Crippen LogP contribution < -0.4 is 10.2 Å². The van der Waals surface area contributed by atoms with Crippen LogP contribution in [0.15, 0.2) is 0 Å². The second-order valence-corrected chi connectivity index (χ2v) is 7.08. The molecule has 3 heterocycles. The maximum Gasteiger partial charge on any atom is 0.131 e. The van der Waals surface area contributed by atoms with Gasteiger partial charge in [-0.1, -0.05) is 0 Å². The third-order valence-corrected chi connectivity index (χ3v) is 5.41. The van der Waals surface area contributed by atoms with Gasteiger partial charge in [0.2, 0.25) is 0 Å². The third-order valence-electron chi connectivity index (χ3n) is 5.41. The van der Waals surface area contributed by atoms with E-state index in [1.807, 2.05) is 0 Å². The molecule has 1 aliphatic carbocycles. The van der Waals surface area contributed by atoms with Crippen molar-refractivity contribution in [3.63, 3.8) is 0 Å². The van der Waals surface area contributed by atoms with Gasteiger partial charge in [-0.2, -0.15) is 5.10 Å². The van der Waals surface area contributed by atoms with E-state index in [0.29, 0.717) is 12.1 Å². The van der Waals surface area contributed by atoms with Gasteiger partial charge in [0.15, 0.2) is 0 Å². The summed E-state index contributed by atoms with van der Waals surface area (Å²) >= 11 is 0. The highest BCUT2D eigenvalue weighted by atomic mass is 16.3. The lowest BCUT2D eigenvalue weighted by molar-refractivity contribution is 0.125. The van der Waals surface area contributed by atoms with Gasteiger partial charge in [-0.3, -0.25) is 4.68 Å². The van der Waals surface area contributed by atoms with Crippen LogP contribution in [0.25, 0.3) is 0 Å². The summed E-state index contributed by atoms with van der Waals surface area (Å²) in [5.41, 5.74) is 2.50. The van der Waals surface area contributed by atoms with Crippen LogP contribution in [0.1, 0.15) is 49.8 Å². The number of aryl methyl sites for hydroxylation is 2. The summed E-state index contributed by atoms with van der Waals surface area (Å²) < 4.78 is 2.06. The van der Waals surface area contributed by atoms with E-state index in [1.54, 1.807) is 0 Å². The monoisotopic (exact) mass is 290 g/mol. The minimum absolute atomic E-state index is 0.110. The zero-order valence-electron chi connectivity index (χ0n) is 13.0. The molecule has 116 valence electrons. The highest BCUT2D eigenvalue weighted by Crippen LogP contribution is 2.41. The Kier molecular flexibility index (Phi) is 3.23. The van der Waals surface area contributed by atoms with Crippen LogP contribution in [0.5, 0.6) is 0 Å². The maximum atomic E-state index is 10.0. The fraction of sp³-hybridized carbons (Fsp3) is 0.812. The predicted octanol–water partition coefficient (Wildman–Crippen LogP) is 1.47. The van der Waals surface area contributed by atoms with E-state index in [0.717, 1.165) is 31.1 Å². The smallest absolute Gasteiger partial charge is 0.131 e. The molecule has 2 unspecified atom stereocenters. The first kappa shape index (κ1) is 13.6. The van der Waals surface area contributed by atoms with Crippen molar-refractivity contribution in [2.24, 2.45) is 7.05 Å². The van der Waals surface area contributed by atoms with E-state index in [-0.39, 0.29) is 6.10 Å². The zero-order valence-corrected chi connectivity index (χ0v) is 13.0. The molecule has 5 nitrogen and oxygen atoms in total. The van der Waals surface area contributed by atoms with E-state index in [1.165, 1.54) is 37.1 Å². The minimum atomic E-state index is -0.110. The second kappa shape index (κ2) is 4.99. The highest BCUT2D eigenvalue weighted by molar-refractivity contribution is 5.53. The average Bonchev–Trinajstić information content (AvgIpc) is 3.16. The Bertz CT molecular complexity index is 523. The molecule has 1 aromatic rings. The molecule has 2 N–H and O–H groups in total. The molecule has 2 atom stereocenters. The maximum absolute atomic E-state index is 10.0. The van der Waals surface area contributed by atoms with E-state index in [9.17, 15) is 5.11 Å². The number of aliphatic hydroxyl groups excluding tert-OH is 1. The van der Waals surface area contributed by atoms with Crippen LogP contribution in [0.2, 0.25) is 0 Å². The molecule has 4 rings (SSSR count). The number of nitrogens with zero attached hydrogens (tertiary/aromatic N) is 3. The number of aliphatic hydroxyl groups is 1. The van der Waals surface area contributed by atoms with Crippen molar-refractivity contribution in [1.29, 1.82) is 0 Å². The summed E-state index contributed by atoms with van der Waals surface area (Å²) in [6.45, 7) is 3.05. The van der Waals surface area contributed by atoms with Crippen molar-refractivity contribution in [3.8, 4) is 0 Å². The first-order chi connectivity index (χ1) is 10.1. The predicted molar refractivity (Wildman–Crippen MR) is 82.3 cm³/mol. The fourth-order valence-corrected chi connectivity index (χ4v) is 4.25. The standard InChI is InChI=1S/C16H26N4O/c1-10-15(9-17-11-3-4-11)16(19(2)18-10)20-12-5-6-13(20)8-14(21)7-12/h11-14,17,21H,3-9H2,1-2H3. The van der Waals surface area contributed by atoms with Crippen LogP contribution in [-0.4, -0.2) is 39.1 Å². The van der Waals surface area contributed by atoms with E-state index < -0.39 is 0 Å². The van der Waals surface area contributed by atoms with Gasteiger partial charge >= 0.3 is 0 Å². The Labute approximate surface area is 126 Å². The Morgan fingerprint density at radius 1 is 1.19 bits per heavy atom. The lowest BCUT2D eigenvalue weighted by Gasteiger charge is -2.39. The Balaban J connectivity index is 1.64. The molecule has 21 heavy (non-hydrogen) atoms. The van der Waals surface area contributed by atoms with Gasteiger partial charge in [-0.25, -0.2) is 0 Å². The van der Waals surface area contributed by atoms with Crippen LogP contribution in [0.3, 0.4) is 0 Å². The molecule has 2 saturated heterocycles. The normalized spacial score (nSPS) is 32.0. The van der Waals surface area contributed by atoms with Gasteiger partial charge < -0.3 is 15.3 Å². The molecule has 0 amide bonds. The fourth-order valence-electron chi connectivity index (χ4n) is 4.25. The molecule has 3 aliphatic rings. The number of piperidine rings is 1. The Morgan fingerprint density at radius 3 is 2.48 bits per heavy atom. The van der Waals surface area contributed by atoms with Crippen molar-refractivity contribution < 1.29 is 5.11 Å². The number of aromatic nitrogens is 2. The third kappa shape index (κ3) is 2.36. The summed E-state index contributed by atoms with van der Waals surface area (Å²) in [7, 11) is 2.06. The topological polar surface area (TPSA) is 53.3 Å². The number of hydrogen-bond donors (Lipinski definition) is 2. The second-order valence-electron chi connectivity index (χ2n) is 7.08. The average molecular weight is 290 g/mol. The first-order valence-electron chi connectivity index (χ1n) is 8.35. The lowest BCUT2D eigenvalue weighted by atomic mass is 9.99. The minimum Gasteiger partial charge on any atom is -0.393 e. The summed E-state index contributed by atoms with van der Waals surface area (Å²) in [5.74, 6) is 1.29. The molecule has 0 aromatic carbocycles. The molecule has 0 radical (unpaired) electrons. The summed E-state index contributed by atoms with van der Waals surface area (Å²) in [6, 6.07) is 1.71. The van der Waals surface area contributed by atoms with Gasteiger partial charge in [0, 0.05) is 37.3 Å². The Hall–Kier alpha value is -1.07. The number of fused-ring (bicyclic) bond motifs is 2. The number of hydrogen-bond acceptors (Lipinski definition) is 4. The Morgan fingerprint density at radius 2 is 1.86 bits per heavy atom. The highest BCUT2D eigenvalue weighted by Gasteiger charge is 2.42. The van der Waals surface area contributed by atoms with E-state index in [2.05, 4.69) is 34.0 Å². The lowest BCUT2D eigenvalue weighted by Crippen LogP contribution is -2.46. The van der Waals surface area contributed by atoms with E-state index >= 15 is 0 Å². The van der Waals surface area contributed by atoms with Gasteiger partial charge in [-0.05, 0) is 45.4 Å². The molecule has 5 heteroatoms.